The van der Waals surface area contributed by atoms with Crippen molar-refractivity contribution in [1.82, 2.24) is 0 Å². The topological polar surface area (TPSA) is 166 Å². The third kappa shape index (κ3) is 24.4. The molecule has 0 unspecified atom stereocenters. The Morgan fingerprint density at radius 3 is 0.549 bits per heavy atom. The lowest BCUT2D eigenvalue weighted by Gasteiger charge is -2.29. The molecule has 0 saturated carbocycles. The normalized spacial score (nSPS) is 12.0. The molecule has 0 atom stereocenters. The minimum atomic E-state index is -2.80. The quantitative estimate of drug-likeness (QED) is 0.0261. The predicted octanol–water partition coefficient (Wildman–Crippen LogP) is 24.5. The molecule has 0 fully saturated rings. The first-order valence-electron chi connectivity index (χ1n) is 41.0. The molecule has 18 nitrogen and oxygen atoms in total. The van der Waals surface area contributed by atoms with E-state index in [4.69, 9.17) is 82.2 Å². The van der Waals surface area contributed by atoms with Gasteiger partial charge in [0.1, 0.15) is 95.4 Å². The second-order valence-electron chi connectivity index (χ2n) is 33.3. The van der Waals surface area contributed by atoms with E-state index in [2.05, 4.69) is 171 Å². The molecular weight excluding hydrogens is 1600 g/mol. The Balaban J connectivity index is 0.000000336. The summed E-state index contributed by atoms with van der Waals surface area (Å²) in [5.74, 6) is 9.65. The van der Waals surface area contributed by atoms with E-state index in [0.29, 0.717) is 50.6 Å². The number of rotatable bonds is 44. The van der Waals surface area contributed by atoms with Gasteiger partial charge in [-0.1, -0.05) is 103 Å². The third-order valence-electron chi connectivity index (χ3n) is 22.8. The molecule has 122 heavy (non-hydrogen) atoms. The SMILES string of the molecule is C=C(COc1c(C)cc(Oc2c(C)cc(C(C)(C)c3cc(C)c(Oc4cc(C)c(OCC(=C)C[Si](OC)(OC)OC)c(C)c4)c(C)c3)cc2C)cc1C)C[Si](OC)(OC)OC.C=C[Si](CC(=C)COc1c(C)cc(Oc2c(C)cc(C(C)(C)c3cc(C)c(Oc4cc(C)c(OCC(=C)C[Si](C=C)(OC)OC)c(C)c4)c(C)c3)cc2C)cc1C)(OC)OC. The fraction of sp³-hybridized carbons (Fsp3) is 0.400. The molecule has 0 radical (unpaired) electrons. The van der Waals surface area contributed by atoms with E-state index < -0.39 is 34.7 Å². The van der Waals surface area contributed by atoms with Crippen LogP contribution in [0, 0.1) is 111 Å². The fourth-order valence-corrected chi connectivity index (χ4v) is 22.3. The lowest BCUT2D eigenvalue weighted by molar-refractivity contribution is 0.125. The lowest BCUT2D eigenvalue weighted by Crippen LogP contribution is -2.43. The summed E-state index contributed by atoms with van der Waals surface area (Å²) in [6.07, 6.45) is 0. The summed E-state index contributed by atoms with van der Waals surface area (Å²) >= 11 is 0. The van der Waals surface area contributed by atoms with Crippen LogP contribution in [-0.4, -0.2) is 132 Å². The Morgan fingerprint density at radius 1 is 0.246 bits per heavy atom. The molecule has 0 N–H and O–H groups in total. The highest BCUT2D eigenvalue weighted by atomic mass is 28.4. The minimum Gasteiger partial charge on any atom is -0.489 e. The van der Waals surface area contributed by atoms with E-state index in [1.807, 2.05) is 104 Å². The second kappa shape index (κ2) is 43.1. The molecular formula is C100H136O18Si4. The highest BCUT2D eigenvalue weighted by molar-refractivity contribution is 6.73. The van der Waals surface area contributed by atoms with Gasteiger partial charge in [-0.2, -0.15) is 0 Å². The molecule has 660 valence electrons. The molecule has 0 spiro atoms. The summed E-state index contributed by atoms with van der Waals surface area (Å²) in [4.78, 5) is 0. The fourth-order valence-electron chi connectivity index (χ4n) is 15.6. The summed E-state index contributed by atoms with van der Waals surface area (Å²) in [7, 11) is 5.51. The van der Waals surface area contributed by atoms with Gasteiger partial charge in [-0.25, -0.2) is 0 Å². The number of hydrogen-bond acceptors (Lipinski definition) is 18. The van der Waals surface area contributed by atoms with Gasteiger partial charge in [0.25, 0.3) is 0 Å². The lowest BCUT2D eigenvalue weighted by atomic mass is 9.76. The van der Waals surface area contributed by atoms with Crippen LogP contribution < -0.4 is 37.9 Å². The molecule has 8 aromatic rings. The largest absolute Gasteiger partial charge is 0.504 e. The summed E-state index contributed by atoms with van der Waals surface area (Å²) in [6, 6.07) is 36.1. The van der Waals surface area contributed by atoms with E-state index in [1.54, 1.807) is 82.5 Å². The van der Waals surface area contributed by atoms with Crippen LogP contribution in [0.5, 0.6) is 69.0 Å². The van der Waals surface area contributed by atoms with E-state index in [1.165, 1.54) is 22.3 Å². The Kier molecular flexibility index (Phi) is 35.4. The maximum Gasteiger partial charge on any atom is 0.504 e. The molecule has 8 aromatic carbocycles. The number of hydrogen-bond donors (Lipinski definition) is 0. The number of benzene rings is 8. The summed E-state index contributed by atoms with van der Waals surface area (Å²) < 4.78 is 107. The van der Waals surface area contributed by atoms with Gasteiger partial charge < -0.3 is 82.2 Å². The predicted molar refractivity (Wildman–Crippen MR) is 503 cm³/mol. The highest BCUT2D eigenvalue weighted by Gasteiger charge is 2.41. The molecule has 0 aromatic heterocycles. The zero-order valence-electron chi connectivity index (χ0n) is 78.6. The van der Waals surface area contributed by atoms with E-state index >= 15 is 0 Å². The third-order valence-corrected chi connectivity index (χ3v) is 34.4. The average molecular weight is 1740 g/mol. The van der Waals surface area contributed by atoms with Gasteiger partial charge in [-0.3, -0.25) is 0 Å². The van der Waals surface area contributed by atoms with Crippen molar-refractivity contribution in [2.45, 2.75) is 173 Å². The van der Waals surface area contributed by atoms with Gasteiger partial charge in [-0.05, 0) is 304 Å². The Morgan fingerprint density at radius 2 is 0.402 bits per heavy atom. The van der Waals surface area contributed by atoms with Crippen LogP contribution in [0.1, 0.15) is 139 Å². The van der Waals surface area contributed by atoms with Gasteiger partial charge in [0.05, 0.1) is 0 Å². The van der Waals surface area contributed by atoms with E-state index in [9.17, 15) is 0 Å². The average Bonchev–Trinajstić information content (AvgIpc) is 0.771. The highest BCUT2D eigenvalue weighted by Crippen LogP contribution is 2.46. The molecule has 0 aliphatic rings. The first-order chi connectivity index (χ1) is 57.4. The van der Waals surface area contributed by atoms with Crippen LogP contribution in [0.4, 0.5) is 0 Å². The van der Waals surface area contributed by atoms with Crippen molar-refractivity contribution >= 4 is 34.7 Å². The van der Waals surface area contributed by atoms with Crippen molar-refractivity contribution in [3.8, 4) is 69.0 Å². The summed E-state index contributed by atoms with van der Waals surface area (Å²) in [6.45, 7) is 68.1. The van der Waals surface area contributed by atoms with Crippen molar-refractivity contribution in [1.29, 1.82) is 0 Å². The molecule has 22 heteroatoms. The second-order valence-corrected chi connectivity index (χ2v) is 45.6. The molecule has 0 aliphatic heterocycles. The van der Waals surface area contributed by atoms with E-state index in [-0.39, 0.29) is 10.8 Å². The first-order valence-corrected chi connectivity index (χ1v) is 49.1. The first kappa shape index (κ1) is 100. The van der Waals surface area contributed by atoms with Gasteiger partial charge in [-0.15, -0.1) is 13.2 Å². The molecule has 0 saturated heterocycles. The van der Waals surface area contributed by atoms with Crippen molar-refractivity contribution in [3.05, 3.63) is 281 Å². The maximum atomic E-state index is 6.60. The summed E-state index contributed by atoms with van der Waals surface area (Å²) in [5, 5.41) is 0. The molecule has 0 heterocycles. The Labute approximate surface area is 733 Å². The van der Waals surface area contributed by atoms with Crippen LogP contribution in [0.2, 0.25) is 24.2 Å². The maximum absolute atomic E-state index is 6.60. The van der Waals surface area contributed by atoms with Crippen molar-refractivity contribution in [3.63, 3.8) is 0 Å². The molecule has 0 amide bonds. The number of aryl methyl sites for hydroxylation is 16. The van der Waals surface area contributed by atoms with Gasteiger partial charge >= 0.3 is 34.7 Å². The van der Waals surface area contributed by atoms with Gasteiger partial charge in [0.15, 0.2) is 0 Å². The Hall–Kier alpha value is -8.93. The van der Waals surface area contributed by atoms with Crippen molar-refractivity contribution in [2.24, 2.45) is 0 Å². The molecule has 8 rings (SSSR count). The number of ether oxygens (including phenoxy) is 8. The molecule has 0 bridgehead atoms. The van der Waals surface area contributed by atoms with Gasteiger partial charge in [0.2, 0.25) is 0 Å². The van der Waals surface area contributed by atoms with Gasteiger partial charge in [0, 0.05) is 106 Å². The smallest absolute Gasteiger partial charge is 0.489 e. The monoisotopic (exact) mass is 1740 g/mol. The van der Waals surface area contributed by atoms with Crippen molar-refractivity contribution in [2.75, 3.05) is 97.5 Å². The van der Waals surface area contributed by atoms with E-state index in [0.717, 1.165) is 180 Å². The zero-order chi connectivity index (χ0) is 90.9. The van der Waals surface area contributed by atoms with Crippen molar-refractivity contribution < 1.29 is 82.2 Å². The van der Waals surface area contributed by atoms with Crippen LogP contribution in [0.25, 0.3) is 0 Å². The minimum absolute atomic E-state index is 0.297. The van der Waals surface area contributed by atoms with Crippen LogP contribution in [-0.2, 0) is 55.1 Å². The van der Waals surface area contributed by atoms with Crippen LogP contribution in [0.3, 0.4) is 0 Å². The zero-order valence-corrected chi connectivity index (χ0v) is 82.6. The summed E-state index contributed by atoms with van der Waals surface area (Å²) in [5.41, 5.74) is 27.5. The molecule has 0 aliphatic carbocycles. The standard InChI is InChI=1S/C51H68O8Si2.C49H68O10Si2/c1-19-60(52-15,53-16)31-33(3)29-56-47-39(9)25-45(26-40(47)10)58-49-35(5)21-43(22-36(49)6)51(13,14)44-23-37(7)50(38(8)24-44)59-46-27-41(11)48(42(12)28-46)57-30-34(4)32-61(20-2,54-17)55-18;1-31(29-60(50-13,51-14)52-15)27-56-45-37(7)23-43(24-38(45)8)58-47-33(3)19-41(20-34(47)4)49(11,12)42-21-35(5)48(36(6)22-42)59-44-25-39(9)46(40(10)26-44)57-28-32(2)30-61(53-16,54-17)55-18/h19-28H,1-4,29-32H2,5-18H3;19-26H,1-2,27-30H2,3-18H3. The Bertz CT molecular complexity index is 4590. The van der Waals surface area contributed by atoms with Crippen LogP contribution in [0.15, 0.2) is 170 Å². The van der Waals surface area contributed by atoms with Crippen LogP contribution >= 0.6 is 0 Å².